The molecule has 0 aliphatic heterocycles. The second-order valence-electron chi connectivity index (χ2n) is 3.15. The highest BCUT2D eigenvalue weighted by atomic mass is 32.2. The van der Waals surface area contributed by atoms with E-state index in [4.69, 9.17) is 0 Å². The predicted octanol–water partition coefficient (Wildman–Crippen LogP) is 1.14. The van der Waals surface area contributed by atoms with E-state index in [0.29, 0.717) is 0 Å². The lowest BCUT2D eigenvalue weighted by Gasteiger charge is -2.04. The van der Waals surface area contributed by atoms with Gasteiger partial charge in [0.15, 0.2) is 5.65 Å². The lowest BCUT2D eigenvalue weighted by atomic mass is 10.4. The molecule has 0 amide bonds. The Morgan fingerprint density at radius 3 is 3.13 bits per heavy atom. The first-order valence-electron chi connectivity index (χ1n) is 4.68. The molecule has 2 rings (SSSR count). The van der Waals surface area contributed by atoms with Crippen LogP contribution in [0.4, 0.5) is 5.82 Å². The van der Waals surface area contributed by atoms with E-state index in [1.165, 1.54) is 0 Å². The molecule has 0 atom stereocenters. The molecule has 0 saturated carbocycles. The maximum absolute atomic E-state index is 4.21. The molecule has 15 heavy (non-hydrogen) atoms. The van der Waals surface area contributed by atoms with E-state index >= 15 is 0 Å². The molecule has 0 saturated heterocycles. The number of fused-ring (bicyclic) bond motifs is 1. The van der Waals surface area contributed by atoms with Gasteiger partial charge >= 0.3 is 0 Å². The van der Waals surface area contributed by atoms with Gasteiger partial charge in [0.25, 0.3) is 0 Å². The summed E-state index contributed by atoms with van der Waals surface area (Å²) in [4.78, 5) is 8.38. The first kappa shape index (κ1) is 10.2. The minimum atomic E-state index is 0.858. The number of aromatic nitrogens is 4. The fourth-order valence-electron chi connectivity index (χ4n) is 1.37. The van der Waals surface area contributed by atoms with E-state index in [1.54, 1.807) is 29.0 Å². The summed E-state index contributed by atoms with van der Waals surface area (Å²) in [6.07, 6.45) is 5.43. The molecular formula is C9H13N5S. The van der Waals surface area contributed by atoms with Crippen molar-refractivity contribution in [1.29, 1.82) is 0 Å². The van der Waals surface area contributed by atoms with E-state index in [1.807, 2.05) is 7.05 Å². The van der Waals surface area contributed by atoms with Crippen LogP contribution in [0.3, 0.4) is 0 Å². The summed E-state index contributed by atoms with van der Waals surface area (Å²) in [5.41, 5.74) is 0.858. The number of rotatable bonds is 4. The Morgan fingerprint density at radius 2 is 2.33 bits per heavy atom. The Hall–Kier alpha value is -1.30. The molecule has 0 bridgehead atoms. The van der Waals surface area contributed by atoms with Crippen molar-refractivity contribution in [2.24, 2.45) is 7.05 Å². The SMILES string of the molecule is CSCCNc1ncnc2c1cnn2C. The van der Waals surface area contributed by atoms with Crippen LogP contribution in [0.25, 0.3) is 11.0 Å². The van der Waals surface area contributed by atoms with Crippen LogP contribution < -0.4 is 5.32 Å². The third kappa shape index (κ3) is 2.04. The lowest BCUT2D eigenvalue weighted by Crippen LogP contribution is -2.06. The minimum Gasteiger partial charge on any atom is -0.369 e. The molecule has 0 aliphatic carbocycles. The zero-order valence-electron chi connectivity index (χ0n) is 8.77. The smallest absolute Gasteiger partial charge is 0.163 e. The average molecular weight is 223 g/mol. The van der Waals surface area contributed by atoms with E-state index in [-0.39, 0.29) is 0 Å². The molecule has 0 unspecified atom stereocenters. The minimum absolute atomic E-state index is 0.858. The number of hydrogen-bond acceptors (Lipinski definition) is 5. The maximum atomic E-state index is 4.21. The molecule has 0 aliphatic rings. The van der Waals surface area contributed by atoms with E-state index < -0.39 is 0 Å². The largest absolute Gasteiger partial charge is 0.369 e. The van der Waals surface area contributed by atoms with Crippen LogP contribution in [-0.2, 0) is 7.05 Å². The van der Waals surface area contributed by atoms with Crippen LogP contribution in [0.2, 0.25) is 0 Å². The molecule has 0 aromatic carbocycles. The Balaban J connectivity index is 2.26. The number of thioether (sulfide) groups is 1. The number of aryl methyl sites for hydroxylation is 1. The summed E-state index contributed by atoms with van der Waals surface area (Å²) in [5, 5.41) is 8.40. The van der Waals surface area contributed by atoms with Crippen molar-refractivity contribution in [3.05, 3.63) is 12.5 Å². The molecule has 0 fully saturated rings. The standard InChI is InChI=1S/C9H13N5S/c1-14-9-7(5-13-14)8(11-6-12-9)10-3-4-15-2/h5-6H,3-4H2,1-2H3,(H,10,11,12). The molecule has 0 spiro atoms. The number of anilines is 1. The van der Waals surface area contributed by atoms with Crippen molar-refractivity contribution in [3.8, 4) is 0 Å². The fraction of sp³-hybridized carbons (Fsp3) is 0.444. The Morgan fingerprint density at radius 1 is 1.47 bits per heavy atom. The third-order valence-corrected chi connectivity index (χ3v) is 2.74. The van der Waals surface area contributed by atoms with Gasteiger partial charge in [-0.2, -0.15) is 16.9 Å². The topological polar surface area (TPSA) is 55.6 Å². The van der Waals surface area contributed by atoms with Gasteiger partial charge < -0.3 is 5.32 Å². The molecule has 6 heteroatoms. The highest BCUT2D eigenvalue weighted by Crippen LogP contribution is 2.17. The van der Waals surface area contributed by atoms with Crippen LogP contribution in [0.5, 0.6) is 0 Å². The van der Waals surface area contributed by atoms with Crippen LogP contribution in [0, 0.1) is 0 Å². The van der Waals surface area contributed by atoms with Gasteiger partial charge in [-0.15, -0.1) is 0 Å². The van der Waals surface area contributed by atoms with Gasteiger partial charge in [0, 0.05) is 19.3 Å². The number of hydrogen-bond donors (Lipinski definition) is 1. The molecular weight excluding hydrogens is 210 g/mol. The van der Waals surface area contributed by atoms with Crippen LogP contribution in [0.1, 0.15) is 0 Å². The molecule has 2 aromatic rings. The van der Waals surface area contributed by atoms with Crippen molar-refractivity contribution in [2.75, 3.05) is 23.9 Å². The van der Waals surface area contributed by atoms with Gasteiger partial charge in [0.05, 0.1) is 11.6 Å². The first-order valence-corrected chi connectivity index (χ1v) is 6.08. The summed E-state index contributed by atoms with van der Waals surface area (Å²) in [6.45, 7) is 0.905. The highest BCUT2D eigenvalue weighted by Gasteiger charge is 2.06. The Kier molecular flexibility index (Phi) is 3.05. The van der Waals surface area contributed by atoms with Crippen LogP contribution >= 0.6 is 11.8 Å². The van der Waals surface area contributed by atoms with Gasteiger partial charge in [-0.25, -0.2) is 9.97 Å². The summed E-state index contributed by atoms with van der Waals surface area (Å²) >= 11 is 1.80. The van der Waals surface area contributed by atoms with Crippen molar-refractivity contribution in [2.45, 2.75) is 0 Å². The van der Waals surface area contributed by atoms with Gasteiger partial charge in [0.2, 0.25) is 0 Å². The van der Waals surface area contributed by atoms with Crippen LogP contribution in [-0.4, -0.2) is 38.3 Å². The third-order valence-electron chi connectivity index (χ3n) is 2.13. The molecule has 1 N–H and O–H groups in total. The average Bonchev–Trinajstić information content (AvgIpc) is 2.62. The summed E-state index contributed by atoms with van der Waals surface area (Å²) in [6, 6.07) is 0. The predicted molar refractivity (Wildman–Crippen MR) is 63.2 cm³/mol. The highest BCUT2D eigenvalue weighted by molar-refractivity contribution is 7.98. The molecule has 5 nitrogen and oxygen atoms in total. The summed E-state index contributed by atoms with van der Waals surface area (Å²) < 4.78 is 1.75. The van der Waals surface area contributed by atoms with E-state index in [9.17, 15) is 0 Å². The van der Waals surface area contributed by atoms with E-state index in [2.05, 4.69) is 26.6 Å². The normalized spacial score (nSPS) is 10.8. The number of nitrogens with one attached hydrogen (secondary N) is 1. The first-order chi connectivity index (χ1) is 7.33. The quantitative estimate of drug-likeness (QED) is 0.788. The van der Waals surface area contributed by atoms with Crippen molar-refractivity contribution < 1.29 is 0 Å². The molecule has 2 aromatic heterocycles. The summed E-state index contributed by atoms with van der Waals surface area (Å²) in [7, 11) is 1.88. The van der Waals surface area contributed by atoms with Gasteiger partial charge in [0.1, 0.15) is 12.1 Å². The Labute approximate surface area is 92.3 Å². The zero-order chi connectivity index (χ0) is 10.7. The van der Waals surface area contributed by atoms with Crippen molar-refractivity contribution in [1.82, 2.24) is 19.7 Å². The molecule has 2 heterocycles. The fourth-order valence-corrected chi connectivity index (χ4v) is 1.68. The zero-order valence-corrected chi connectivity index (χ0v) is 9.58. The maximum Gasteiger partial charge on any atom is 0.163 e. The second kappa shape index (κ2) is 4.48. The van der Waals surface area contributed by atoms with Crippen LogP contribution in [0.15, 0.2) is 12.5 Å². The van der Waals surface area contributed by atoms with Gasteiger partial charge in [-0.05, 0) is 6.26 Å². The van der Waals surface area contributed by atoms with Gasteiger partial charge in [-0.3, -0.25) is 4.68 Å². The van der Waals surface area contributed by atoms with E-state index in [0.717, 1.165) is 29.1 Å². The van der Waals surface area contributed by atoms with Crippen molar-refractivity contribution >= 4 is 28.6 Å². The summed E-state index contributed by atoms with van der Waals surface area (Å²) in [5.74, 6) is 1.92. The number of nitrogens with zero attached hydrogens (tertiary/aromatic N) is 4. The second-order valence-corrected chi connectivity index (χ2v) is 4.13. The molecule has 80 valence electrons. The van der Waals surface area contributed by atoms with Gasteiger partial charge in [-0.1, -0.05) is 0 Å². The monoisotopic (exact) mass is 223 g/mol. The lowest BCUT2D eigenvalue weighted by molar-refractivity contribution is 0.785. The Bertz CT molecular complexity index is 453. The molecule has 0 radical (unpaired) electrons. The van der Waals surface area contributed by atoms with Crippen molar-refractivity contribution in [3.63, 3.8) is 0 Å².